The van der Waals surface area contributed by atoms with E-state index in [9.17, 15) is 13.2 Å². The molecule has 10 heteroatoms. The number of benzene rings is 3. The first kappa shape index (κ1) is 27.5. The average Bonchev–Trinajstić information content (AvgIpc) is 3.29. The Morgan fingerprint density at radius 3 is 2.47 bits per heavy atom. The second kappa shape index (κ2) is 12.2. The zero-order chi connectivity index (χ0) is 24.8. The van der Waals surface area contributed by atoms with Crippen LogP contribution in [0.1, 0.15) is 16.7 Å². The third-order valence-electron chi connectivity index (χ3n) is 5.94. The highest BCUT2D eigenvalue weighted by atomic mass is 35.5. The van der Waals surface area contributed by atoms with Crippen LogP contribution in [0, 0.1) is 0 Å². The van der Waals surface area contributed by atoms with Gasteiger partial charge in [-0.2, -0.15) is 0 Å². The highest BCUT2D eigenvalue weighted by molar-refractivity contribution is 7.89. The van der Waals surface area contributed by atoms with Crippen molar-refractivity contribution in [3.05, 3.63) is 83.4 Å². The Balaban J connectivity index is 0.00000361. The molecule has 0 atom stereocenters. The number of sulfonamides is 1. The number of halogens is 1. The predicted octanol–water partition coefficient (Wildman–Crippen LogP) is 3.06. The van der Waals surface area contributed by atoms with Crippen LogP contribution in [0.2, 0.25) is 0 Å². The van der Waals surface area contributed by atoms with Crippen molar-refractivity contribution in [3.8, 4) is 11.5 Å². The number of fused-ring (bicyclic) bond motifs is 1. The highest BCUT2D eigenvalue weighted by Crippen LogP contribution is 2.30. The summed E-state index contributed by atoms with van der Waals surface area (Å²) in [5.74, 6) is 1.00. The van der Waals surface area contributed by atoms with Crippen molar-refractivity contribution in [1.29, 1.82) is 0 Å². The zero-order valence-electron chi connectivity index (χ0n) is 20.0. The summed E-state index contributed by atoms with van der Waals surface area (Å²) in [5.41, 5.74) is 4.15. The Kier molecular flexibility index (Phi) is 9.33. The van der Waals surface area contributed by atoms with Gasteiger partial charge in [-0.1, -0.05) is 36.4 Å². The lowest BCUT2D eigenvalue weighted by atomic mass is 10.1. The molecule has 192 valence electrons. The van der Waals surface area contributed by atoms with Crippen LogP contribution >= 0.6 is 12.4 Å². The Hall–Kier alpha value is -3.11. The first-order valence-corrected chi connectivity index (χ1v) is 12.9. The van der Waals surface area contributed by atoms with E-state index in [0.717, 1.165) is 29.7 Å². The monoisotopic (exact) mass is 531 g/mol. The summed E-state index contributed by atoms with van der Waals surface area (Å²) in [6.45, 7) is 1.93. The van der Waals surface area contributed by atoms with Crippen LogP contribution in [0.3, 0.4) is 0 Å². The van der Waals surface area contributed by atoms with Gasteiger partial charge in [0.25, 0.3) is 5.91 Å². The van der Waals surface area contributed by atoms with Gasteiger partial charge in [-0.3, -0.25) is 4.79 Å². The van der Waals surface area contributed by atoms with Crippen LogP contribution in [0.4, 0.5) is 5.69 Å². The second-order valence-electron chi connectivity index (χ2n) is 8.31. The first-order valence-electron chi connectivity index (χ1n) is 11.4. The number of hydrogen-bond acceptors (Lipinski definition) is 6. The number of primary sulfonamides is 1. The van der Waals surface area contributed by atoms with Crippen molar-refractivity contribution in [3.63, 3.8) is 0 Å². The Bertz CT molecular complexity index is 1300. The molecule has 0 unspecified atom stereocenters. The van der Waals surface area contributed by atoms with E-state index < -0.39 is 10.0 Å². The number of amides is 1. The molecule has 36 heavy (non-hydrogen) atoms. The normalized spacial score (nSPS) is 12.6. The van der Waals surface area contributed by atoms with Gasteiger partial charge >= 0.3 is 0 Å². The molecule has 3 aromatic rings. The van der Waals surface area contributed by atoms with Crippen molar-refractivity contribution in [2.45, 2.75) is 24.3 Å². The molecule has 0 saturated heterocycles. The molecule has 0 bridgehead atoms. The maximum absolute atomic E-state index is 12.7. The lowest BCUT2D eigenvalue weighted by Crippen LogP contribution is -2.33. The van der Waals surface area contributed by atoms with Gasteiger partial charge in [-0.15, -0.1) is 12.4 Å². The molecule has 1 aliphatic rings. The van der Waals surface area contributed by atoms with Gasteiger partial charge in [-0.25, -0.2) is 13.6 Å². The quantitative estimate of drug-likeness (QED) is 0.389. The minimum absolute atomic E-state index is 0. The summed E-state index contributed by atoms with van der Waals surface area (Å²) in [7, 11) is -2.10. The number of para-hydroxylation sites is 1. The van der Waals surface area contributed by atoms with Gasteiger partial charge in [-0.05, 0) is 66.4 Å². The fraction of sp³-hybridized carbons (Fsp3) is 0.269. The van der Waals surface area contributed by atoms with E-state index >= 15 is 0 Å². The summed E-state index contributed by atoms with van der Waals surface area (Å²) in [5, 5.41) is 8.49. The van der Waals surface area contributed by atoms with Crippen LogP contribution in [-0.4, -0.2) is 41.1 Å². The molecule has 8 nitrogen and oxygen atoms in total. The molecule has 0 aromatic heterocycles. The molecule has 1 amide bonds. The number of hydrogen-bond donors (Lipinski definition) is 2. The number of carbonyl (C=O) groups is 1. The lowest BCUT2D eigenvalue weighted by molar-refractivity contribution is -0.120. The number of nitrogens with one attached hydrogen (secondary N) is 1. The number of carbonyl (C=O) groups excluding carboxylic acids is 1. The van der Waals surface area contributed by atoms with Crippen LogP contribution in [-0.2, 0) is 34.2 Å². The zero-order valence-corrected chi connectivity index (χ0v) is 21.6. The Labute approximate surface area is 217 Å². The van der Waals surface area contributed by atoms with E-state index in [1.165, 1.54) is 17.7 Å². The van der Waals surface area contributed by atoms with E-state index in [1.54, 1.807) is 24.1 Å². The maximum atomic E-state index is 12.7. The summed E-state index contributed by atoms with van der Waals surface area (Å²) >= 11 is 0. The third kappa shape index (κ3) is 6.76. The predicted molar refractivity (Wildman–Crippen MR) is 141 cm³/mol. The van der Waals surface area contributed by atoms with Crippen molar-refractivity contribution in [2.24, 2.45) is 5.14 Å². The number of nitrogens with two attached hydrogens (primary N) is 1. The molecule has 0 spiro atoms. The maximum Gasteiger partial charge on any atom is 0.264 e. The van der Waals surface area contributed by atoms with Gasteiger partial charge < -0.3 is 19.7 Å². The molecule has 0 saturated carbocycles. The Morgan fingerprint density at radius 1 is 1.03 bits per heavy atom. The van der Waals surface area contributed by atoms with E-state index in [-0.39, 0.29) is 29.8 Å². The molecule has 4 rings (SSSR count). The minimum atomic E-state index is -3.68. The smallest absolute Gasteiger partial charge is 0.264 e. The molecule has 0 fully saturated rings. The summed E-state index contributed by atoms with van der Waals surface area (Å²) < 4.78 is 34.0. The highest BCUT2D eigenvalue weighted by Gasteiger charge is 2.24. The first-order chi connectivity index (χ1) is 16.8. The van der Waals surface area contributed by atoms with Gasteiger partial charge in [0.2, 0.25) is 10.0 Å². The van der Waals surface area contributed by atoms with Crippen molar-refractivity contribution < 1.29 is 22.7 Å². The van der Waals surface area contributed by atoms with Gasteiger partial charge in [0, 0.05) is 18.8 Å². The molecule has 0 aliphatic carbocycles. The van der Waals surface area contributed by atoms with Gasteiger partial charge in [0.15, 0.2) is 18.1 Å². The third-order valence-corrected chi connectivity index (χ3v) is 6.87. The molecule has 0 radical (unpaired) electrons. The van der Waals surface area contributed by atoms with Crippen molar-refractivity contribution in [1.82, 2.24) is 5.32 Å². The average molecular weight is 532 g/mol. The van der Waals surface area contributed by atoms with Gasteiger partial charge in [0.05, 0.1) is 12.0 Å². The fourth-order valence-corrected chi connectivity index (χ4v) is 4.58. The topological polar surface area (TPSA) is 111 Å². The summed E-state index contributed by atoms with van der Waals surface area (Å²) in [6.07, 6.45) is 1.60. The van der Waals surface area contributed by atoms with Crippen molar-refractivity contribution in [2.75, 3.05) is 31.7 Å². The number of rotatable bonds is 10. The number of methoxy groups -OCH3 is 1. The minimum Gasteiger partial charge on any atom is -0.493 e. The molecular weight excluding hydrogens is 502 g/mol. The van der Waals surface area contributed by atoms with Crippen LogP contribution in [0.25, 0.3) is 0 Å². The van der Waals surface area contributed by atoms with Crippen LogP contribution in [0.15, 0.2) is 71.6 Å². The molecular formula is C26H30ClN3O5S. The fourth-order valence-electron chi connectivity index (χ4n) is 4.07. The standard InChI is InChI=1S/C26H29N3O5S.ClH/c1-33-25-16-20(17-28-14-12-19-6-9-22(10-7-19)35(27,31)32)8-11-24(25)34-18-26(30)29-15-13-21-4-2-3-5-23(21)29;/h2-11,16,28H,12-15,17-18H2,1H3,(H2,27,31,32);1H. The van der Waals surface area contributed by atoms with E-state index in [2.05, 4.69) is 5.32 Å². The largest absolute Gasteiger partial charge is 0.493 e. The molecule has 1 aliphatic heterocycles. The summed E-state index contributed by atoms with van der Waals surface area (Å²) in [4.78, 5) is 14.6. The van der Waals surface area contributed by atoms with Gasteiger partial charge in [0.1, 0.15) is 0 Å². The molecule has 3 N–H and O–H groups in total. The lowest BCUT2D eigenvalue weighted by Gasteiger charge is -2.18. The molecule has 3 aromatic carbocycles. The number of ether oxygens (including phenoxy) is 2. The van der Waals surface area contributed by atoms with E-state index in [1.807, 2.05) is 42.5 Å². The SMILES string of the molecule is COc1cc(CNCCc2ccc(S(N)(=O)=O)cc2)ccc1OCC(=O)N1CCc2ccccc21.Cl. The molecule has 1 heterocycles. The van der Waals surface area contributed by atoms with Crippen molar-refractivity contribution >= 4 is 34.0 Å². The van der Waals surface area contributed by atoms with Crippen LogP contribution in [0.5, 0.6) is 11.5 Å². The summed E-state index contributed by atoms with van der Waals surface area (Å²) in [6, 6.07) is 20.1. The number of nitrogens with zero attached hydrogens (tertiary/aromatic N) is 1. The van der Waals surface area contributed by atoms with Crippen LogP contribution < -0.4 is 24.8 Å². The van der Waals surface area contributed by atoms with E-state index in [4.69, 9.17) is 14.6 Å². The number of anilines is 1. The Morgan fingerprint density at radius 2 is 1.75 bits per heavy atom. The van der Waals surface area contributed by atoms with E-state index in [0.29, 0.717) is 31.1 Å². The second-order valence-corrected chi connectivity index (χ2v) is 9.88.